The third kappa shape index (κ3) is 5.00. The lowest BCUT2D eigenvalue weighted by Crippen LogP contribution is -2.34. The number of nitrogens with one attached hydrogen (secondary N) is 1. The molecule has 0 spiro atoms. The Morgan fingerprint density at radius 1 is 1.44 bits per heavy atom. The number of carbonyl (C=O) groups is 2. The van der Waals surface area contributed by atoms with Crippen molar-refractivity contribution >= 4 is 12.1 Å². The van der Waals surface area contributed by atoms with Crippen LogP contribution >= 0.6 is 0 Å². The fourth-order valence-corrected chi connectivity index (χ4v) is 1.51. The van der Waals surface area contributed by atoms with Gasteiger partial charge in [-0.2, -0.15) is 0 Å². The van der Waals surface area contributed by atoms with E-state index in [1.54, 1.807) is 20.8 Å². The summed E-state index contributed by atoms with van der Waals surface area (Å²) >= 11 is 0. The zero-order valence-corrected chi connectivity index (χ0v) is 9.95. The molecule has 1 rings (SSSR count). The molecule has 1 aliphatic carbocycles. The summed E-state index contributed by atoms with van der Waals surface area (Å²) in [6.45, 7) is 5.42. The third-order valence-electron chi connectivity index (χ3n) is 2.35. The summed E-state index contributed by atoms with van der Waals surface area (Å²) in [5, 5.41) is 11.2. The molecule has 2 atom stereocenters. The Bertz CT molecular complexity index is 282. The number of hydrogen-bond acceptors (Lipinski definition) is 3. The molecule has 1 amide bonds. The van der Waals surface area contributed by atoms with Crippen LogP contribution in [-0.4, -0.2) is 28.8 Å². The van der Waals surface area contributed by atoms with Gasteiger partial charge in [-0.05, 0) is 39.5 Å². The smallest absolute Gasteiger partial charge is 0.407 e. The molecule has 0 aromatic rings. The molecular formula is C11H19NO4. The van der Waals surface area contributed by atoms with E-state index in [-0.39, 0.29) is 12.5 Å². The predicted octanol–water partition coefficient (Wildman–Crippen LogP) is 1.76. The van der Waals surface area contributed by atoms with Crippen LogP contribution in [0.4, 0.5) is 4.79 Å². The van der Waals surface area contributed by atoms with Crippen LogP contribution in [0.1, 0.15) is 40.0 Å². The minimum Gasteiger partial charge on any atom is -0.481 e. The van der Waals surface area contributed by atoms with E-state index in [9.17, 15) is 9.59 Å². The summed E-state index contributed by atoms with van der Waals surface area (Å²) in [5.74, 6) is -0.494. The number of rotatable bonds is 4. The summed E-state index contributed by atoms with van der Waals surface area (Å²) in [5.41, 5.74) is -0.491. The van der Waals surface area contributed by atoms with Gasteiger partial charge in [-0.15, -0.1) is 0 Å². The average molecular weight is 229 g/mol. The number of carbonyl (C=O) groups excluding carboxylic acids is 1. The Morgan fingerprint density at radius 2 is 2.06 bits per heavy atom. The Balaban J connectivity index is 2.16. The van der Waals surface area contributed by atoms with E-state index in [1.807, 2.05) is 0 Å². The summed E-state index contributed by atoms with van der Waals surface area (Å²) in [6, 6.07) is 0.0919. The highest BCUT2D eigenvalue weighted by Gasteiger charge is 2.38. The minimum atomic E-state index is -0.789. The Labute approximate surface area is 95.2 Å². The van der Waals surface area contributed by atoms with Gasteiger partial charge in [-0.3, -0.25) is 4.79 Å². The zero-order valence-electron chi connectivity index (χ0n) is 9.95. The maximum absolute atomic E-state index is 11.3. The Kier molecular flexibility index (Phi) is 3.78. The van der Waals surface area contributed by atoms with Crippen molar-refractivity contribution in [3.63, 3.8) is 0 Å². The van der Waals surface area contributed by atoms with E-state index in [0.717, 1.165) is 6.42 Å². The van der Waals surface area contributed by atoms with Crippen molar-refractivity contribution < 1.29 is 19.4 Å². The lowest BCUT2D eigenvalue weighted by Gasteiger charge is -2.19. The molecule has 0 heterocycles. The standard InChI is InChI=1S/C11H19NO4/c1-11(2,3)16-10(15)12-8-6-7(8)4-5-9(13)14/h7-8H,4-6H2,1-3H3,(H,12,15)(H,13,14). The summed E-state index contributed by atoms with van der Waals surface area (Å²) in [7, 11) is 0. The maximum atomic E-state index is 11.3. The van der Waals surface area contributed by atoms with Gasteiger partial charge in [-0.1, -0.05) is 0 Å². The first-order valence-electron chi connectivity index (χ1n) is 5.49. The molecule has 0 saturated heterocycles. The minimum absolute atomic E-state index is 0.0919. The largest absolute Gasteiger partial charge is 0.481 e. The predicted molar refractivity (Wildman–Crippen MR) is 58.1 cm³/mol. The van der Waals surface area contributed by atoms with Crippen molar-refractivity contribution in [2.45, 2.75) is 51.7 Å². The summed E-state index contributed by atoms with van der Waals surface area (Å²) < 4.78 is 5.10. The van der Waals surface area contributed by atoms with Crippen LogP contribution in [0.15, 0.2) is 0 Å². The van der Waals surface area contributed by atoms with Gasteiger partial charge in [0.2, 0.25) is 0 Å². The lowest BCUT2D eigenvalue weighted by atomic mass is 10.2. The molecule has 0 aliphatic heterocycles. The van der Waals surface area contributed by atoms with Crippen molar-refractivity contribution in [2.24, 2.45) is 5.92 Å². The van der Waals surface area contributed by atoms with Gasteiger partial charge in [0.25, 0.3) is 0 Å². The fourth-order valence-electron chi connectivity index (χ4n) is 1.51. The normalized spacial score (nSPS) is 23.7. The average Bonchev–Trinajstić information content (AvgIpc) is 2.76. The van der Waals surface area contributed by atoms with Crippen LogP contribution in [0, 0.1) is 5.92 Å². The molecular weight excluding hydrogens is 210 g/mol. The Morgan fingerprint density at radius 3 is 2.56 bits per heavy atom. The van der Waals surface area contributed by atoms with Crippen molar-refractivity contribution in [1.29, 1.82) is 0 Å². The van der Waals surface area contributed by atoms with Gasteiger partial charge in [0.1, 0.15) is 5.60 Å². The molecule has 1 aliphatic rings. The van der Waals surface area contributed by atoms with E-state index in [2.05, 4.69) is 5.32 Å². The van der Waals surface area contributed by atoms with Crippen LogP contribution in [0.25, 0.3) is 0 Å². The molecule has 1 fully saturated rings. The molecule has 2 N–H and O–H groups in total. The van der Waals surface area contributed by atoms with Crippen molar-refractivity contribution in [2.75, 3.05) is 0 Å². The first kappa shape index (κ1) is 12.8. The molecule has 5 nitrogen and oxygen atoms in total. The molecule has 92 valence electrons. The SMILES string of the molecule is CC(C)(C)OC(=O)NC1CC1CCC(=O)O. The molecule has 0 radical (unpaired) electrons. The number of ether oxygens (including phenoxy) is 1. The first-order valence-corrected chi connectivity index (χ1v) is 5.49. The number of alkyl carbamates (subject to hydrolysis) is 1. The monoisotopic (exact) mass is 229 g/mol. The molecule has 0 bridgehead atoms. The van der Waals surface area contributed by atoms with Gasteiger partial charge >= 0.3 is 12.1 Å². The summed E-state index contributed by atoms with van der Waals surface area (Å²) in [4.78, 5) is 21.7. The van der Waals surface area contributed by atoms with Gasteiger partial charge in [0, 0.05) is 12.5 Å². The van der Waals surface area contributed by atoms with Gasteiger partial charge in [0.05, 0.1) is 0 Å². The lowest BCUT2D eigenvalue weighted by molar-refractivity contribution is -0.137. The van der Waals surface area contributed by atoms with E-state index in [0.29, 0.717) is 12.3 Å². The molecule has 2 unspecified atom stereocenters. The fraction of sp³-hybridized carbons (Fsp3) is 0.818. The third-order valence-corrected chi connectivity index (χ3v) is 2.35. The first-order chi connectivity index (χ1) is 7.28. The van der Waals surface area contributed by atoms with Crippen LogP contribution < -0.4 is 5.32 Å². The van der Waals surface area contributed by atoms with Crippen molar-refractivity contribution in [1.82, 2.24) is 5.32 Å². The molecule has 16 heavy (non-hydrogen) atoms. The second-order valence-corrected chi connectivity index (χ2v) is 5.18. The Hall–Kier alpha value is -1.26. The molecule has 0 aromatic carbocycles. The molecule has 0 aromatic heterocycles. The van der Waals surface area contributed by atoms with Crippen LogP contribution in [0.3, 0.4) is 0 Å². The van der Waals surface area contributed by atoms with E-state index in [1.165, 1.54) is 0 Å². The summed E-state index contributed by atoms with van der Waals surface area (Å²) in [6.07, 6.45) is 1.22. The number of aliphatic carboxylic acids is 1. The highest BCUT2D eigenvalue weighted by Crippen LogP contribution is 2.34. The van der Waals surface area contributed by atoms with Crippen LogP contribution in [0.2, 0.25) is 0 Å². The van der Waals surface area contributed by atoms with Gasteiger partial charge in [0.15, 0.2) is 0 Å². The number of carboxylic acid groups (broad SMARTS) is 1. The number of hydrogen-bond donors (Lipinski definition) is 2. The molecule has 1 saturated carbocycles. The second kappa shape index (κ2) is 4.72. The highest BCUT2D eigenvalue weighted by molar-refractivity contribution is 5.69. The van der Waals surface area contributed by atoms with E-state index in [4.69, 9.17) is 9.84 Å². The quantitative estimate of drug-likeness (QED) is 0.770. The van der Waals surface area contributed by atoms with E-state index < -0.39 is 17.7 Å². The topological polar surface area (TPSA) is 75.6 Å². The van der Waals surface area contributed by atoms with Gasteiger partial charge < -0.3 is 15.2 Å². The zero-order chi connectivity index (χ0) is 12.3. The van der Waals surface area contributed by atoms with Crippen molar-refractivity contribution in [3.05, 3.63) is 0 Å². The van der Waals surface area contributed by atoms with Crippen LogP contribution in [0.5, 0.6) is 0 Å². The number of carboxylic acids is 1. The molecule has 5 heteroatoms. The number of amides is 1. The second-order valence-electron chi connectivity index (χ2n) is 5.18. The maximum Gasteiger partial charge on any atom is 0.407 e. The van der Waals surface area contributed by atoms with Crippen LogP contribution in [-0.2, 0) is 9.53 Å². The highest BCUT2D eigenvalue weighted by atomic mass is 16.6. The van der Waals surface area contributed by atoms with Crippen molar-refractivity contribution in [3.8, 4) is 0 Å². The van der Waals surface area contributed by atoms with E-state index >= 15 is 0 Å². The van der Waals surface area contributed by atoms with Gasteiger partial charge in [-0.25, -0.2) is 4.79 Å².